The summed E-state index contributed by atoms with van der Waals surface area (Å²) in [5, 5.41) is 0. The minimum Gasteiger partial charge on any atom is -0.368 e. The standard InChI is InChI=1S/C19H23N5O2/c1-23(2)18-14-7-9-24(19(25)16-6-4-10-26-16)12-15(14)21-17(22-18)13-5-3-8-20-11-13/h3,5,8,11,16H,4,6-7,9-10,12H2,1-2H3/t16-/m1/s1. The highest BCUT2D eigenvalue weighted by atomic mass is 16.5. The van der Waals surface area contributed by atoms with Gasteiger partial charge in [-0.15, -0.1) is 0 Å². The van der Waals surface area contributed by atoms with E-state index in [1.807, 2.05) is 36.0 Å². The Balaban J connectivity index is 1.68. The van der Waals surface area contributed by atoms with Crippen molar-refractivity contribution in [1.82, 2.24) is 19.9 Å². The van der Waals surface area contributed by atoms with Crippen LogP contribution in [0.2, 0.25) is 0 Å². The zero-order chi connectivity index (χ0) is 18.1. The summed E-state index contributed by atoms with van der Waals surface area (Å²) in [5.74, 6) is 1.64. The second kappa shape index (κ2) is 6.99. The molecule has 0 N–H and O–H groups in total. The lowest BCUT2D eigenvalue weighted by Gasteiger charge is -2.32. The first-order valence-electron chi connectivity index (χ1n) is 9.01. The number of ether oxygens (including phenoxy) is 1. The van der Waals surface area contributed by atoms with Crippen LogP contribution in [0.15, 0.2) is 24.5 Å². The number of hydrogen-bond donors (Lipinski definition) is 0. The summed E-state index contributed by atoms with van der Waals surface area (Å²) in [7, 11) is 3.97. The molecule has 7 heteroatoms. The van der Waals surface area contributed by atoms with E-state index < -0.39 is 0 Å². The Hall–Kier alpha value is -2.54. The van der Waals surface area contributed by atoms with Crippen molar-refractivity contribution < 1.29 is 9.53 Å². The fraction of sp³-hybridized carbons (Fsp3) is 0.474. The van der Waals surface area contributed by atoms with Crippen LogP contribution >= 0.6 is 0 Å². The number of fused-ring (bicyclic) bond motifs is 1. The zero-order valence-corrected chi connectivity index (χ0v) is 15.2. The molecule has 26 heavy (non-hydrogen) atoms. The van der Waals surface area contributed by atoms with Gasteiger partial charge >= 0.3 is 0 Å². The van der Waals surface area contributed by atoms with Crippen molar-refractivity contribution >= 4 is 11.7 Å². The molecule has 0 aromatic carbocycles. The minimum atomic E-state index is -0.287. The van der Waals surface area contributed by atoms with Crippen LogP contribution in [0, 0.1) is 0 Å². The van der Waals surface area contributed by atoms with Crippen molar-refractivity contribution in [2.45, 2.75) is 31.9 Å². The third-order valence-electron chi connectivity index (χ3n) is 4.90. The van der Waals surface area contributed by atoms with Gasteiger partial charge < -0.3 is 14.5 Å². The van der Waals surface area contributed by atoms with Crippen molar-refractivity contribution in [3.63, 3.8) is 0 Å². The molecule has 0 unspecified atom stereocenters. The van der Waals surface area contributed by atoms with Crippen LogP contribution in [0.3, 0.4) is 0 Å². The molecular formula is C19H23N5O2. The van der Waals surface area contributed by atoms with E-state index in [9.17, 15) is 4.79 Å². The molecule has 4 rings (SSSR count). The number of carbonyl (C=O) groups is 1. The van der Waals surface area contributed by atoms with Crippen molar-refractivity contribution in [2.75, 3.05) is 32.1 Å². The summed E-state index contributed by atoms with van der Waals surface area (Å²) in [6.45, 7) is 1.87. The number of aromatic nitrogens is 3. The average molecular weight is 353 g/mol. The molecule has 0 spiro atoms. The summed E-state index contributed by atoms with van der Waals surface area (Å²) >= 11 is 0. The van der Waals surface area contributed by atoms with Gasteiger partial charge in [0.05, 0.1) is 12.2 Å². The smallest absolute Gasteiger partial charge is 0.252 e. The van der Waals surface area contributed by atoms with Crippen molar-refractivity contribution in [2.24, 2.45) is 0 Å². The van der Waals surface area contributed by atoms with Gasteiger partial charge in [-0.3, -0.25) is 9.78 Å². The molecule has 1 fully saturated rings. The van der Waals surface area contributed by atoms with Gasteiger partial charge in [-0.25, -0.2) is 9.97 Å². The molecule has 1 atom stereocenters. The van der Waals surface area contributed by atoms with Crippen LogP contribution in [0.4, 0.5) is 5.82 Å². The highest BCUT2D eigenvalue weighted by molar-refractivity contribution is 5.81. The fourth-order valence-corrected chi connectivity index (χ4v) is 3.57. The van der Waals surface area contributed by atoms with Crippen LogP contribution in [0.25, 0.3) is 11.4 Å². The van der Waals surface area contributed by atoms with Crippen molar-refractivity contribution in [3.8, 4) is 11.4 Å². The molecule has 2 aliphatic heterocycles. The molecule has 2 aliphatic rings. The van der Waals surface area contributed by atoms with Gasteiger partial charge in [0.15, 0.2) is 5.82 Å². The Bertz CT molecular complexity index is 803. The zero-order valence-electron chi connectivity index (χ0n) is 15.2. The molecule has 1 saturated heterocycles. The van der Waals surface area contributed by atoms with Gasteiger partial charge in [0.1, 0.15) is 11.9 Å². The third kappa shape index (κ3) is 3.14. The van der Waals surface area contributed by atoms with Crippen molar-refractivity contribution in [3.05, 3.63) is 35.8 Å². The van der Waals surface area contributed by atoms with E-state index in [-0.39, 0.29) is 12.0 Å². The van der Waals surface area contributed by atoms with Crippen LogP contribution in [0.5, 0.6) is 0 Å². The molecule has 136 valence electrons. The molecule has 0 radical (unpaired) electrons. The first-order valence-corrected chi connectivity index (χ1v) is 9.01. The maximum atomic E-state index is 12.7. The maximum Gasteiger partial charge on any atom is 0.252 e. The Kier molecular flexibility index (Phi) is 4.55. The van der Waals surface area contributed by atoms with Gasteiger partial charge in [0.2, 0.25) is 0 Å². The topological polar surface area (TPSA) is 71.5 Å². The molecule has 0 aliphatic carbocycles. The second-order valence-corrected chi connectivity index (χ2v) is 6.94. The summed E-state index contributed by atoms with van der Waals surface area (Å²) in [6, 6.07) is 3.83. The van der Waals surface area contributed by atoms with E-state index in [0.29, 0.717) is 25.5 Å². The van der Waals surface area contributed by atoms with Crippen LogP contribution < -0.4 is 4.90 Å². The number of carbonyl (C=O) groups excluding carboxylic acids is 1. The highest BCUT2D eigenvalue weighted by Gasteiger charge is 2.32. The monoisotopic (exact) mass is 353 g/mol. The minimum absolute atomic E-state index is 0.0843. The summed E-state index contributed by atoms with van der Waals surface area (Å²) < 4.78 is 5.57. The Labute approximate surface area is 153 Å². The molecule has 0 saturated carbocycles. The lowest BCUT2D eigenvalue weighted by molar-refractivity contribution is -0.141. The second-order valence-electron chi connectivity index (χ2n) is 6.94. The van der Waals surface area contributed by atoms with Gasteiger partial charge in [-0.1, -0.05) is 0 Å². The van der Waals surface area contributed by atoms with Gasteiger partial charge in [-0.2, -0.15) is 0 Å². The van der Waals surface area contributed by atoms with Crippen LogP contribution in [-0.2, 0) is 22.5 Å². The lowest BCUT2D eigenvalue weighted by Crippen LogP contribution is -2.42. The van der Waals surface area contributed by atoms with E-state index in [4.69, 9.17) is 14.7 Å². The molecule has 0 bridgehead atoms. The van der Waals surface area contributed by atoms with Crippen molar-refractivity contribution in [1.29, 1.82) is 0 Å². The van der Waals surface area contributed by atoms with Crippen LogP contribution in [0.1, 0.15) is 24.1 Å². The van der Waals surface area contributed by atoms with E-state index in [1.54, 1.807) is 12.4 Å². The first kappa shape index (κ1) is 16.9. The fourth-order valence-electron chi connectivity index (χ4n) is 3.57. The molecule has 7 nitrogen and oxygen atoms in total. The Morgan fingerprint density at radius 2 is 2.23 bits per heavy atom. The Morgan fingerprint density at radius 1 is 1.35 bits per heavy atom. The lowest BCUT2D eigenvalue weighted by atomic mass is 10.0. The first-order chi connectivity index (χ1) is 12.6. The predicted octanol–water partition coefficient (Wildman–Crippen LogP) is 1.67. The number of pyridine rings is 1. The van der Waals surface area contributed by atoms with Gasteiger partial charge in [-0.05, 0) is 31.4 Å². The summed E-state index contributed by atoms with van der Waals surface area (Å²) in [5.41, 5.74) is 2.92. The molecule has 1 amide bonds. The van der Waals surface area contributed by atoms with E-state index in [1.165, 1.54) is 0 Å². The van der Waals surface area contributed by atoms with E-state index in [2.05, 4.69) is 4.98 Å². The highest BCUT2D eigenvalue weighted by Crippen LogP contribution is 2.29. The van der Waals surface area contributed by atoms with E-state index >= 15 is 0 Å². The summed E-state index contributed by atoms with van der Waals surface area (Å²) in [6.07, 6.45) is 5.74. The summed E-state index contributed by atoms with van der Waals surface area (Å²) in [4.78, 5) is 30.3. The van der Waals surface area contributed by atoms with Crippen LogP contribution in [-0.4, -0.2) is 59.1 Å². The van der Waals surface area contributed by atoms with Gasteiger partial charge in [0.25, 0.3) is 5.91 Å². The number of nitrogens with zero attached hydrogens (tertiary/aromatic N) is 5. The molecule has 2 aromatic heterocycles. The number of amides is 1. The largest absolute Gasteiger partial charge is 0.368 e. The number of anilines is 1. The molecule has 2 aromatic rings. The Morgan fingerprint density at radius 3 is 2.92 bits per heavy atom. The van der Waals surface area contributed by atoms with Gasteiger partial charge in [0, 0.05) is 50.8 Å². The normalized spacial score (nSPS) is 19.3. The molecule has 4 heterocycles. The predicted molar refractivity (Wildman–Crippen MR) is 97.7 cm³/mol. The quantitative estimate of drug-likeness (QED) is 0.836. The number of hydrogen-bond acceptors (Lipinski definition) is 6. The maximum absolute atomic E-state index is 12.7. The van der Waals surface area contributed by atoms with E-state index in [0.717, 1.165) is 41.9 Å². The third-order valence-corrected chi connectivity index (χ3v) is 4.90. The number of rotatable bonds is 3. The average Bonchev–Trinajstić information content (AvgIpc) is 3.21. The molecular weight excluding hydrogens is 330 g/mol. The SMILES string of the molecule is CN(C)c1nc(-c2cccnc2)nc2c1CCN(C(=O)[C@H]1CCCO1)C2.